The Labute approximate surface area is 112 Å². The number of aryl methyl sites for hydroxylation is 2. The van der Waals surface area contributed by atoms with Gasteiger partial charge in [-0.1, -0.05) is 40.5 Å². The van der Waals surface area contributed by atoms with Gasteiger partial charge in [0.2, 0.25) is 0 Å². The Morgan fingerprint density at radius 2 is 2.06 bits per heavy atom. The van der Waals surface area contributed by atoms with Gasteiger partial charge in [-0.3, -0.25) is 4.79 Å². The molecule has 1 N–H and O–H groups in total. The van der Waals surface area contributed by atoms with Gasteiger partial charge >= 0.3 is 0 Å². The average Bonchev–Trinajstić information content (AvgIpc) is 2.28. The highest BCUT2D eigenvalue weighted by atomic mass is 79.9. The average molecular weight is 298 g/mol. The highest BCUT2D eigenvalue weighted by molar-refractivity contribution is 9.09. The minimum Gasteiger partial charge on any atom is -0.346 e. The number of hydrogen-bond acceptors (Lipinski definition) is 1. The number of nitrogens with one attached hydrogen (secondary N) is 1. The third kappa shape index (κ3) is 3.56. The molecule has 0 aliphatic carbocycles. The highest BCUT2D eigenvalue weighted by Crippen LogP contribution is 2.16. The SMILES string of the molecule is CCC(C)(CBr)NC(=O)c1ccc(C)cc1C. The van der Waals surface area contributed by atoms with Crippen LogP contribution in [0, 0.1) is 13.8 Å². The molecule has 2 nitrogen and oxygen atoms in total. The van der Waals surface area contributed by atoms with E-state index >= 15 is 0 Å². The molecule has 1 rings (SSSR count). The van der Waals surface area contributed by atoms with Crippen LogP contribution >= 0.6 is 15.9 Å². The van der Waals surface area contributed by atoms with Gasteiger partial charge in [-0.05, 0) is 38.8 Å². The van der Waals surface area contributed by atoms with Crippen molar-refractivity contribution < 1.29 is 4.79 Å². The lowest BCUT2D eigenvalue weighted by atomic mass is 9.99. The predicted molar refractivity (Wildman–Crippen MR) is 75.9 cm³/mol. The van der Waals surface area contributed by atoms with Gasteiger partial charge in [0.15, 0.2) is 0 Å². The number of alkyl halides is 1. The lowest BCUT2D eigenvalue weighted by molar-refractivity contribution is 0.0913. The van der Waals surface area contributed by atoms with Crippen LogP contribution < -0.4 is 5.32 Å². The number of carbonyl (C=O) groups is 1. The summed E-state index contributed by atoms with van der Waals surface area (Å²) in [5.41, 5.74) is 2.78. The second-order valence-corrected chi connectivity index (χ2v) is 5.38. The summed E-state index contributed by atoms with van der Waals surface area (Å²) in [6, 6.07) is 5.90. The first-order valence-electron chi connectivity index (χ1n) is 5.87. The normalized spacial score (nSPS) is 14.2. The molecule has 0 fully saturated rings. The molecule has 1 aromatic carbocycles. The fourth-order valence-corrected chi connectivity index (χ4v) is 2.16. The molecule has 0 bridgehead atoms. The van der Waals surface area contributed by atoms with Crippen molar-refractivity contribution in [1.29, 1.82) is 0 Å². The third-order valence-electron chi connectivity index (χ3n) is 3.12. The molecule has 17 heavy (non-hydrogen) atoms. The Morgan fingerprint density at radius 3 is 2.53 bits per heavy atom. The van der Waals surface area contributed by atoms with Crippen LogP contribution in [-0.4, -0.2) is 16.8 Å². The van der Waals surface area contributed by atoms with Crippen molar-refractivity contribution in [2.45, 2.75) is 39.7 Å². The number of hydrogen-bond donors (Lipinski definition) is 1. The van der Waals surface area contributed by atoms with Crippen LogP contribution in [0.3, 0.4) is 0 Å². The lowest BCUT2D eigenvalue weighted by Crippen LogP contribution is -2.47. The van der Waals surface area contributed by atoms with Crippen molar-refractivity contribution >= 4 is 21.8 Å². The molecule has 0 saturated carbocycles. The summed E-state index contributed by atoms with van der Waals surface area (Å²) in [5, 5.41) is 3.84. The van der Waals surface area contributed by atoms with Crippen LogP contribution in [0.15, 0.2) is 18.2 Å². The van der Waals surface area contributed by atoms with Gasteiger partial charge in [0.1, 0.15) is 0 Å². The van der Waals surface area contributed by atoms with Crippen molar-refractivity contribution in [3.63, 3.8) is 0 Å². The molecule has 94 valence electrons. The van der Waals surface area contributed by atoms with Crippen LogP contribution in [0.25, 0.3) is 0 Å². The molecule has 1 unspecified atom stereocenters. The zero-order chi connectivity index (χ0) is 13.1. The Kier molecular flexibility index (Phi) is 4.75. The maximum absolute atomic E-state index is 12.2. The predicted octanol–water partition coefficient (Wildman–Crippen LogP) is 3.60. The van der Waals surface area contributed by atoms with Gasteiger partial charge in [-0.2, -0.15) is 0 Å². The van der Waals surface area contributed by atoms with Gasteiger partial charge in [0, 0.05) is 16.4 Å². The summed E-state index contributed by atoms with van der Waals surface area (Å²) < 4.78 is 0. The van der Waals surface area contributed by atoms with Crippen molar-refractivity contribution in [2.24, 2.45) is 0 Å². The Morgan fingerprint density at radius 1 is 1.41 bits per heavy atom. The molecule has 0 aromatic heterocycles. The zero-order valence-corrected chi connectivity index (χ0v) is 12.5. The summed E-state index contributed by atoms with van der Waals surface area (Å²) >= 11 is 3.45. The molecular formula is C14H20BrNO. The number of halogens is 1. The minimum absolute atomic E-state index is 0.00583. The molecule has 0 spiro atoms. The van der Waals surface area contributed by atoms with E-state index in [0.717, 1.165) is 22.9 Å². The summed E-state index contributed by atoms with van der Waals surface area (Å²) in [4.78, 5) is 12.2. The molecular weight excluding hydrogens is 278 g/mol. The standard InChI is InChI=1S/C14H20BrNO/c1-5-14(4,9-15)16-13(17)12-7-6-10(2)8-11(12)3/h6-8H,5,9H2,1-4H3,(H,16,17). The monoisotopic (exact) mass is 297 g/mol. The quantitative estimate of drug-likeness (QED) is 0.846. The Balaban J connectivity index is 2.90. The number of carbonyl (C=O) groups excluding carboxylic acids is 1. The first-order chi connectivity index (χ1) is 7.91. The minimum atomic E-state index is -0.186. The summed E-state index contributed by atoms with van der Waals surface area (Å²) in [5.74, 6) is 0.00583. The molecule has 0 radical (unpaired) electrons. The smallest absolute Gasteiger partial charge is 0.251 e. The van der Waals surface area contributed by atoms with Crippen molar-refractivity contribution in [2.75, 3.05) is 5.33 Å². The van der Waals surface area contributed by atoms with Gasteiger partial charge in [0.25, 0.3) is 5.91 Å². The Hall–Kier alpha value is -0.830. The molecule has 0 aliphatic heterocycles. The molecule has 0 heterocycles. The van der Waals surface area contributed by atoms with Gasteiger partial charge < -0.3 is 5.32 Å². The lowest BCUT2D eigenvalue weighted by Gasteiger charge is -2.27. The van der Waals surface area contributed by atoms with Gasteiger partial charge in [0.05, 0.1) is 0 Å². The van der Waals surface area contributed by atoms with Crippen LogP contribution in [0.2, 0.25) is 0 Å². The van der Waals surface area contributed by atoms with Gasteiger partial charge in [-0.25, -0.2) is 0 Å². The molecule has 1 amide bonds. The van der Waals surface area contributed by atoms with Crippen LogP contribution in [0.4, 0.5) is 0 Å². The van der Waals surface area contributed by atoms with E-state index < -0.39 is 0 Å². The van der Waals surface area contributed by atoms with E-state index in [1.807, 2.05) is 39.0 Å². The van der Waals surface area contributed by atoms with Crippen molar-refractivity contribution in [3.05, 3.63) is 34.9 Å². The fraction of sp³-hybridized carbons (Fsp3) is 0.500. The van der Waals surface area contributed by atoms with E-state index in [0.29, 0.717) is 0 Å². The van der Waals surface area contributed by atoms with E-state index in [4.69, 9.17) is 0 Å². The van der Waals surface area contributed by atoms with Crippen LogP contribution in [0.5, 0.6) is 0 Å². The maximum Gasteiger partial charge on any atom is 0.251 e. The first kappa shape index (κ1) is 14.2. The largest absolute Gasteiger partial charge is 0.346 e. The highest BCUT2D eigenvalue weighted by Gasteiger charge is 2.23. The molecule has 1 atom stereocenters. The van der Waals surface area contributed by atoms with E-state index in [1.54, 1.807) is 0 Å². The zero-order valence-electron chi connectivity index (χ0n) is 10.9. The molecule has 0 saturated heterocycles. The number of benzene rings is 1. The second kappa shape index (κ2) is 5.67. The van der Waals surface area contributed by atoms with E-state index in [2.05, 4.69) is 28.2 Å². The maximum atomic E-state index is 12.2. The fourth-order valence-electron chi connectivity index (χ4n) is 1.63. The van der Waals surface area contributed by atoms with Crippen LogP contribution in [-0.2, 0) is 0 Å². The second-order valence-electron chi connectivity index (χ2n) is 4.82. The summed E-state index contributed by atoms with van der Waals surface area (Å²) in [6.45, 7) is 8.12. The van der Waals surface area contributed by atoms with Crippen molar-refractivity contribution in [3.8, 4) is 0 Å². The van der Waals surface area contributed by atoms with E-state index in [1.165, 1.54) is 5.56 Å². The topological polar surface area (TPSA) is 29.1 Å². The number of amides is 1. The molecule has 0 aliphatic rings. The van der Waals surface area contributed by atoms with Crippen molar-refractivity contribution in [1.82, 2.24) is 5.32 Å². The first-order valence-corrected chi connectivity index (χ1v) is 7.00. The molecule has 1 aromatic rings. The third-order valence-corrected chi connectivity index (χ3v) is 4.35. The summed E-state index contributed by atoms with van der Waals surface area (Å²) in [7, 11) is 0. The van der Waals surface area contributed by atoms with Gasteiger partial charge in [-0.15, -0.1) is 0 Å². The Bertz CT molecular complexity index is 411. The summed E-state index contributed by atoms with van der Waals surface area (Å²) in [6.07, 6.45) is 0.898. The van der Waals surface area contributed by atoms with E-state index in [9.17, 15) is 4.79 Å². The van der Waals surface area contributed by atoms with Crippen LogP contribution in [0.1, 0.15) is 41.8 Å². The van der Waals surface area contributed by atoms with E-state index in [-0.39, 0.29) is 11.4 Å². The number of rotatable bonds is 4. The molecule has 3 heteroatoms.